The maximum atomic E-state index is 13.9. The topological polar surface area (TPSA) is 50.6 Å². The van der Waals surface area contributed by atoms with Crippen LogP contribution < -0.4 is 10.6 Å². The summed E-state index contributed by atoms with van der Waals surface area (Å²) in [6.07, 6.45) is -11.7. The third-order valence-electron chi connectivity index (χ3n) is 5.69. The van der Waals surface area contributed by atoms with Crippen LogP contribution in [0.2, 0.25) is 5.02 Å². The van der Waals surface area contributed by atoms with E-state index in [4.69, 9.17) is 11.6 Å². The number of hydrogen-bond acceptors (Lipinski definition) is 1. The number of hydrogen-bond donors (Lipinski definition) is 2. The van der Waals surface area contributed by atoms with E-state index in [-0.39, 0.29) is 22.3 Å². The summed E-state index contributed by atoms with van der Waals surface area (Å²) in [6.45, 7) is 1.17. The number of quaternary nitrogens is 1. The van der Waals surface area contributed by atoms with Crippen molar-refractivity contribution in [1.82, 2.24) is 9.88 Å². The molecule has 1 amide bonds. The van der Waals surface area contributed by atoms with E-state index < -0.39 is 30.5 Å². The van der Waals surface area contributed by atoms with Gasteiger partial charge in [0.05, 0.1) is 6.54 Å². The first-order valence-electron chi connectivity index (χ1n) is 9.87. The zero-order valence-electron chi connectivity index (χ0n) is 17.6. The molecule has 0 atom stereocenters. The molecule has 3 N–H and O–H groups in total. The second-order valence-corrected chi connectivity index (χ2v) is 8.08. The number of fused-ring (bicyclic) bond motifs is 1. The molecule has 0 aliphatic carbocycles. The van der Waals surface area contributed by atoms with Crippen LogP contribution in [0, 0.1) is 6.92 Å². The number of carbonyl (C=O) groups excluding carboxylic acids is 1. The number of aromatic nitrogens is 1. The number of carbonyl (C=O) groups is 1. The van der Waals surface area contributed by atoms with Gasteiger partial charge in [-0.25, -0.2) is 0 Å². The molecule has 0 radical (unpaired) electrons. The molecule has 0 saturated heterocycles. The molecule has 3 aromatic rings. The van der Waals surface area contributed by atoms with Crippen molar-refractivity contribution in [1.29, 1.82) is 0 Å². The largest absolute Gasteiger partial charge is 0.475 e. The zero-order chi connectivity index (χ0) is 24.6. The van der Waals surface area contributed by atoms with Gasteiger partial charge in [-0.1, -0.05) is 29.8 Å². The molecule has 0 unspecified atom stereocenters. The molecule has 0 aliphatic rings. The highest BCUT2D eigenvalue weighted by molar-refractivity contribution is 6.30. The molecular formula is C22H21ClF6N3O+. The summed E-state index contributed by atoms with van der Waals surface area (Å²) in [4.78, 5) is 12.4. The average Bonchev–Trinajstić information content (AvgIpc) is 2.96. The van der Waals surface area contributed by atoms with E-state index in [1.54, 1.807) is 32.2 Å². The van der Waals surface area contributed by atoms with Gasteiger partial charge in [-0.15, -0.1) is 0 Å². The molecule has 0 saturated carbocycles. The lowest BCUT2D eigenvalue weighted by Crippen LogP contribution is -3.08. The second kappa shape index (κ2) is 8.90. The van der Waals surface area contributed by atoms with Crippen LogP contribution >= 0.6 is 11.6 Å². The number of halogens is 7. The Morgan fingerprint density at radius 3 is 2.15 bits per heavy atom. The molecule has 1 heterocycles. The summed E-state index contributed by atoms with van der Waals surface area (Å²) in [5.41, 5.74) is -2.70. The Morgan fingerprint density at radius 2 is 1.58 bits per heavy atom. The van der Waals surface area contributed by atoms with E-state index >= 15 is 0 Å². The smallest absolute Gasteiger partial charge is 0.348 e. The van der Waals surface area contributed by atoms with Crippen molar-refractivity contribution in [2.24, 2.45) is 7.05 Å². The van der Waals surface area contributed by atoms with E-state index in [1.165, 1.54) is 17.4 Å². The molecule has 0 aliphatic heterocycles. The van der Waals surface area contributed by atoms with Crippen LogP contribution in [-0.4, -0.2) is 35.0 Å². The molecule has 1 aromatic heterocycles. The molecular weight excluding hydrogens is 472 g/mol. The lowest BCUT2D eigenvalue weighted by atomic mass is 10.0. The highest BCUT2D eigenvalue weighted by Crippen LogP contribution is 2.38. The SMILES string of the molecule is Cc1c(CC[NH2+]C(NC(=O)c2ccc(Cl)cc2)(C(F)(F)F)C(F)(F)F)c2ccccc2n1C. The molecule has 2 aromatic carbocycles. The summed E-state index contributed by atoms with van der Waals surface area (Å²) >= 11 is 5.68. The lowest BCUT2D eigenvalue weighted by molar-refractivity contribution is -0.784. The predicted molar refractivity (Wildman–Crippen MR) is 112 cm³/mol. The fourth-order valence-corrected chi connectivity index (χ4v) is 3.91. The lowest BCUT2D eigenvalue weighted by Gasteiger charge is -2.35. The van der Waals surface area contributed by atoms with E-state index in [0.717, 1.165) is 28.7 Å². The van der Waals surface area contributed by atoms with Crippen molar-refractivity contribution < 1.29 is 36.5 Å². The average molecular weight is 493 g/mol. The molecule has 0 bridgehead atoms. The third kappa shape index (κ3) is 4.67. The number of aryl methyl sites for hydroxylation is 1. The Kier molecular flexibility index (Phi) is 6.72. The quantitative estimate of drug-likeness (QED) is 0.386. The van der Waals surface area contributed by atoms with E-state index in [2.05, 4.69) is 0 Å². The Hall–Kier alpha value is -2.72. The number of amides is 1. The van der Waals surface area contributed by atoms with Gasteiger partial charge in [-0.3, -0.25) is 10.1 Å². The highest BCUT2D eigenvalue weighted by atomic mass is 35.5. The Bertz CT molecular complexity index is 1140. The minimum Gasteiger partial charge on any atom is -0.348 e. The number of alkyl halides is 6. The van der Waals surface area contributed by atoms with Gasteiger partial charge in [0.25, 0.3) is 5.91 Å². The fourth-order valence-electron chi connectivity index (χ4n) is 3.79. The number of para-hydroxylation sites is 1. The summed E-state index contributed by atoms with van der Waals surface area (Å²) in [7, 11) is 1.77. The van der Waals surface area contributed by atoms with E-state index in [0.29, 0.717) is 5.56 Å². The summed E-state index contributed by atoms with van der Waals surface area (Å²) in [6, 6.07) is 11.6. The Balaban J connectivity index is 1.92. The number of benzene rings is 2. The molecule has 3 rings (SSSR count). The predicted octanol–water partition coefficient (Wildman–Crippen LogP) is 4.50. The van der Waals surface area contributed by atoms with Crippen LogP contribution in [0.4, 0.5) is 26.3 Å². The maximum Gasteiger partial charge on any atom is 0.475 e. The standard InChI is InChI=1S/C22H20ClF6N3O/c1-13-16(17-5-3-4-6-18(17)32(13)2)11-12-30-20(21(24,25)26,22(27,28)29)31-19(33)14-7-9-15(23)10-8-14/h3-10,30H,11-12H2,1-2H3,(H,31,33)/p+1. The van der Waals surface area contributed by atoms with Crippen molar-refractivity contribution in [3.05, 3.63) is 70.4 Å². The monoisotopic (exact) mass is 492 g/mol. The molecule has 4 nitrogen and oxygen atoms in total. The van der Waals surface area contributed by atoms with Crippen molar-refractivity contribution in [2.45, 2.75) is 31.4 Å². The van der Waals surface area contributed by atoms with Crippen LogP contribution in [-0.2, 0) is 13.5 Å². The van der Waals surface area contributed by atoms with Gasteiger partial charge in [-0.05, 0) is 42.8 Å². The number of nitrogens with two attached hydrogens (primary N) is 1. The normalized spacial score (nSPS) is 12.9. The van der Waals surface area contributed by atoms with Crippen LogP contribution in [0.3, 0.4) is 0 Å². The maximum absolute atomic E-state index is 13.9. The summed E-state index contributed by atoms with van der Waals surface area (Å²) < 4.78 is 85.1. The second-order valence-electron chi connectivity index (χ2n) is 7.65. The van der Waals surface area contributed by atoms with E-state index in [9.17, 15) is 31.1 Å². The first kappa shape index (κ1) is 24.9. The minimum absolute atomic E-state index is 0.0715. The van der Waals surface area contributed by atoms with Gasteiger partial charge in [-0.2, -0.15) is 26.3 Å². The van der Waals surface area contributed by atoms with Gasteiger partial charge < -0.3 is 9.88 Å². The number of rotatable bonds is 6. The van der Waals surface area contributed by atoms with Gasteiger partial charge in [0.2, 0.25) is 0 Å². The molecule has 11 heteroatoms. The first-order chi connectivity index (χ1) is 15.3. The van der Waals surface area contributed by atoms with Crippen molar-refractivity contribution >= 4 is 28.4 Å². The fraction of sp³-hybridized carbons (Fsp3) is 0.318. The minimum atomic E-state index is -5.82. The highest BCUT2D eigenvalue weighted by Gasteiger charge is 2.76. The molecule has 0 spiro atoms. The van der Waals surface area contributed by atoms with Crippen molar-refractivity contribution in [3.63, 3.8) is 0 Å². The number of nitrogens with one attached hydrogen (secondary N) is 1. The summed E-state index contributed by atoms with van der Waals surface area (Å²) in [5, 5.41) is 2.23. The summed E-state index contributed by atoms with van der Waals surface area (Å²) in [5.74, 6) is -1.51. The van der Waals surface area contributed by atoms with Gasteiger partial charge in [0.15, 0.2) is 0 Å². The van der Waals surface area contributed by atoms with E-state index in [1.807, 2.05) is 10.6 Å². The third-order valence-corrected chi connectivity index (χ3v) is 5.94. The molecule has 0 fully saturated rings. The van der Waals surface area contributed by atoms with Crippen LogP contribution in [0.5, 0.6) is 0 Å². The van der Waals surface area contributed by atoms with Gasteiger partial charge in [0.1, 0.15) is 0 Å². The van der Waals surface area contributed by atoms with Gasteiger partial charge in [0, 0.05) is 40.7 Å². The number of nitrogens with zero attached hydrogens (tertiary/aromatic N) is 1. The molecule has 33 heavy (non-hydrogen) atoms. The van der Waals surface area contributed by atoms with Crippen LogP contribution in [0.1, 0.15) is 21.6 Å². The van der Waals surface area contributed by atoms with Crippen LogP contribution in [0.25, 0.3) is 10.9 Å². The van der Waals surface area contributed by atoms with Crippen molar-refractivity contribution in [3.8, 4) is 0 Å². The Morgan fingerprint density at radius 1 is 1.00 bits per heavy atom. The van der Waals surface area contributed by atoms with Gasteiger partial charge >= 0.3 is 18.0 Å². The Labute approximate surface area is 190 Å². The van der Waals surface area contributed by atoms with Crippen LogP contribution in [0.15, 0.2) is 48.5 Å². The molecule has 178 valence electrons. The zero-order valence-corrected chi connectivity index (χ0v) is 18.4. The van der Waals surface area contributed by atoms with Crippen molar-refractivity contribution in [2.75, 3.05) is 6.54 Å². The first-order valence-corrected chi connectivity index (χ1v) is 10.2.